The second-order valence-corrected chi connectivity index (χ2v) is 9.06. The van der Waals surface area contributed by atoms with Gasteiger partial charge in [0.25, 0.3) is 5.91 Å². The Balaban J connectivity index is 1.54. The van der Waals surface area contributed by atoms with Crippen molar-refractivity contribution in [3.63, 3.8) is 0 Å². The summed E-state index contributed by atoms with van der Waals surface area (Å²) < 4.78 is 5.95. The normalized spacial score (nSPS) is 22.6. The number of ether oxygens (including phenoxy) is 1. The summed E-state index contributed by atoms with van der Waals surface area (Å²) in [5, 5.41) is 2.90. The van der Waals surface area contributed by atoms with Crippen LogP contribution in [0.2, 0.25) is 0 Å². The van der Waals surface area contributed by atoms with Crippen LogP contribution >= 0.6 is 0 Å². The van der Waals surface area contributed by atoms with Crippen molar-refractivity contribution in [1.29, 1.82) is 0 Å². The van der Waals surface area contributed by atoms with Crippen molar-refractivity contribution >= 4 is 11.8 Å². The Kier molecular flexibility index (Phi) is 8.62. The fraction of sp³-hybridized carbons (Fsp3) is 0.500. The zero-order valence-corrected chi connectivity index (χ0v) is 19.6. The Morgan fingerprint density at radius 1 is 1.18 bits per heavy atom. The minimum atomic E-state index is -0.555. The molecule has 1 aromatic heterocycles. The summed E-state index contributed by atoms with van der Waals surface area (Å²) in [5.74, 6) is -0.308. The highest BCUT2D eigenvalue weighted by molar-refractivity contribution is 5.97. The molecule has 0 saturated carbocycles. The van der Waals surface area contributed by atoms with E-state index in [0.29, 0.717) is 31.6 Å². The van der Waals surface area contributed by atoms with Crippen molar-refractivity contribution in [2.24, 2.45) is 5.73 Å². The average molecular weight is 466 g/mol. The fourth-order valence-corrected chi connectivity index (χ4v) is 4.95. The third-order valence-corrected chi connectivity index (χ3v) is 6.70. The number of amides is 2. The molecule has 2 fully saturated rings. The number of carbonyl (C=O) groups excluding carboxylic acids is 2. The topological polar surface area (TPSA) is 101 Å². The van der Waals surface area contributed by atoms with E-state index in [9.17, 15) is 9.59 Å². The molecular formula is C26H35N5O3. The van der Waals surface area contributed by atoms with Crippen LogP contribution in [0.4, 0.5) is 0 Å². The number of rotatable bonds is 9. The highest BCUT2D eigenvalue weighted by Gasteiger charge is 2.39. The SMILES string of the molecule is NCCNC(=O)[C@H]1CC(N(Cc2ccccc2)CC2CCCO2)CCN1C(=O)c1cccnc1. The molecule has 2 amide bonds. The summed E-state index contributed by atoms with van der Waals surface area (Å²) in [5.41, 5.74) is 7.35. The highest BCUT2D eigenvalue weighted by Crippen LogP contribution is 2.27. The first-order valence-corrected chi connectivity index (χ1v) is 12.2. The van der Waals surface area contributed by atoms with Gasteiger partial charge in [-0.25, -0.2) is 0 Å². The number of nitrogens with two attached hydrogens (primary N) is 1. The second kappa shape index (κ2) is 12.1. The Labute approximate surface area is 201 Å². The molecule has 1 aromatic carbocycles. The maximum Gasteiger partial charge on any atom is 0.256 e. The molecule has 2 saturated heterocycles. The van der Waals surface area contributed by atoms with Gasteiger partial charge in [-0.05, 0) is 43.4 Å². The first-order valence-electron chi connectivity index (χ1n) is 12.2. The number of benzene rings is 1. The molecule has 3 heterocycles. The fourth-order valence-electron chi connectivity index (χ4n) is 4.95. The van der Waals surface area contributed by atoms with Gasteiger partial charge in [0.1, 0.15) is 6.04 Å². The quantitative estimate of drug-likeness (QED) is 0.586. The minimum absolute atomic E-state index is 0.149. The lowest BCUT2D eigenvalue weighted by Gasteiger charge is -2.43. The lowest BCUT2D eigenvalue weighted by atomic mass is 9.93. The predicted octanol–water partition coefficient (Wildman–Crippen LogP) is 1.81. The molecule has 0 radical (unpaired) electrons. The Hall–Kier alpha value is -2.81. The molecule has 182 valence electrons. The zero-order valence-electron chi connectivity index (χ0n) is 19.6. The van der Waals surface area contributed by atoms with E-state index in [-0.39, 0.29) is 24.0 Å². The van der Waals surface area contributed by atoms with Crippen LogP contribution in [0, 0.1) is 0 Å². The number of aromatic nitrogens is 1. The maximum atomic E-state index is 13.3. The first-order chi connectivity index (χ1) is 16.7. The van der Waals surface area contributed by atoms with E-state index in [1.165, 1.54) is 5.56 Å². The van der Waals surface area contributed by atoms with Crippen LogP contribution in [-0.4, -0.2) is 77.6 Å². The Morgan fingerprint density at radius 3 is 2.74 bits per heavy atom. The van der Waals surface area contributed by atoms with Crippen molar-refractivity contribution in [3.8, 4) is 0 Å². The van der Waals surface area contributed by atoms with Gasteiger partial charge < -0.3 is 20.7 Å². The third kappa shape index (κ3) is 6.20. The van der Waals surface area contributed by atoms with E-state index in [1.54, 1.807) is 29.4 Å². The summed E-state index contributed by atoms with van der Waals surface area (Å²) in [6.45, 7) is 3.68. The van der Waals surface area contributed by atoms with Crippen LogP contribution in [0.5, 0.6) is 0 Å². The van der Waals surface area contributed by atoms with Gasteiger partial charge in [0.15, 0.2) is 0 Å². The molecule has 2 aliphatic heterocycles. The monoisotopic (exact) mass is 465 g/mol. The number of hydrogen-bond acceptors (Lipinski definition) is 6. The Bertz CT molecular complexity index is 921. The molecule has 4 rings (SSSR count). The van der Waals surface area contributed by atoms with Gasteiger partial charge in [0.2, 0.25) is 5.91 Å². The van der Waals surface area contributed by atoms with Crippen LogP contribution in [0.3, 0.4) is 0 Å². The molecule has 34 heavy (non-hydrogen) atoms. The molecule has 2 aromatic rings. The van der Waals surface area contributed by atoms with Crippen LogP contribution in [-0.2, 0) is 16.1 Å². The summed E-state index contributed by atoms with van der Waals surface area (Å²) >= 11 is 0. The van der Waals surface area contributed by atoms with Gasteiger partial charge in [-0.2, -0.15) is 0 Å². The van der Waals surface area contributed by atoms with Crippen molar-refractivity contribution in [3.05, 3.63) is 66.0 Å². The molecule has 0 aliphatic carbocycles. The van der Waals surface area contributed by atoms with Gasteiger partial charge in [-0.1, -0.05) is 30.3 Å². The number of hydrogen-bond donors (Lipinski definition) is 2. The van der Waals surface area contributed by atoms with Crippen LogP contribution < -0.4 is 11.1 Å². The summed E-state index contributed by atoms with van der Waals surface area (Å²) in [4.78, 5) is 34.7. The minimum Gasteiger partial charge on any atom is -0.377 e. The van der Waals surface area contributed by atoms with Crippen molar-refractivity contribution in [2.45, 2.75) is 50.4 Å². The van der Waals surface area contributed by atoms with Gasteiger partial charge in [-0.3, -0.25) is 19.5 Å². The summed E-state index contributed by atoms with van der Waals surface area (Å²) in [6.07, 6.45) is 6.93. The van der Waals surface area contributed by atoms with E-state index in [0.717, 1.165) is 39.0 Å². The third-order valence-electron chi connectivity index (χ3n) is 6.70. The molecule has 8 heteroatoms. The van der Waals surface area contributed by atoms with Crippen LogP contribution in [0.15, 0.2) is 54.9 Å². The highest BCUT2D eigenvalue weighted by atomic mass is 16.5. The van der Waals surface area contributed by atoms with Crippen molar-refractivity contribution in [2.75, 3.05) is 32.8 Å². The van der Waals surface area contributed by atoms with Crippen molar-refractivity contribution in [1.82, 2.24) is 20.1 Å². The largest absolute Gasteiger partial charge is 0.377 e. The molecule has 0 bridgehead atoms. The molecule has 3 N–H and O–H groups in total. The first kappa shape index (κ1) is 24.3. The Morgan fingerprint density at radius 2 is 2.03 bits per heavy atom. The molecule has 2 unspecified atom stereocenters. The van der Waals surface area contributed by atoms with E-state index in [4.69, 9.17) is 10.5 Å². The number of piperidine rings is 1. The number of likely N-dealkylation sites (tertiary alicyclic amines) is 1. The van der Waals surface area contributed by atoms with Gasteiger partial charge in [0.05, 0.1) is 11.7 Å². The number of nitrogens with zero attached hydrogens (tertiary/aromatic N) is 3. The predicted molar refractivity (Wildman–Crippen MR) is 130 cm³/mol. The zero-order chi connectivity index (χ0) is 23.8. The standard InChI is InChI=1S/C26H35N5O3/c27-11-13-29-25(32)24-16-22(10-14-31(24)26(33)21-8-4-12-28-17-21)30(19-23-9-5-15-34-23)18-20-6-2-1-3-7-20/h1-4,6-8,12,17,22-24H,5,9-11,13-16,18-19,27H2,(H,29,32)/t22?,23?,24-/m1/s1. The van der Waals surface area contributed by atoms with E-state index in [2.05, 4.69) is 39.5 Å². The lowest BCUT2D eigenvalue weighted by molar-refractivity contribution is -0.127. The molecule has 0 spiro atoms. The van der Waals surface area contributed by atoms with Gasteiger partial charge >= 0.3 is 0 Å². The number of pyridine rings is 1. The van der Waals surface area contributed by atoms with Gasteiger partial charge in [-0.15, -0.1) is 0 Å². The average Bonchev–Trinajstić information content (AvgIpc) is 3.40. The summed E-state index contributed by atoms with van der Waals surface area (Å²) in [7, 11) is 0. The van der Waals surface area contributed by atoms with Crippen LogP contribution in [0.1, 0.15) is 41.6 Å². The molecular weight excluding hydrogens is 430 g/mol. The van der Waals surface area contributed by atoms with Crippen molar-refractivity contribution < 1.29 is 14.3 Å². The number of nitrogens with one attached hydrogen (secondary N) is 1. The molecule has 8 nitrogen and oxygen atoms in total. The van der Waals surface area contributed by atoms with E-state index >= 15 is 0 Å². The van der Waals surface area contributed by atoms with E-state index in [1.807, 2.05) is 6.07 Å². The smallest absolute Gasteiger partial charge is 0.256 e. The van der Waals surface area contributed by atoms with Gasteiger partial charge in [0, 0.05) is 57.8 Å². The maximum absolute atomic E-state index is 13.3. The lowest BCUT2D eigenvalue weighted by Crippen LogP contribution is -2.58. The second-order valence-electron chi connectivity index (χ2n) is 9.06. The molecule has 2 aliphatic rings. The van der Waals surface area contributed by atoms with Crippen LogP contribution in [0.25, 0.3) is 0 Å². The summed E-state index contributed by atoms with van der Waals surface area (Å²) in [6, 6.07) is 13.5. The number of carbonyl (C=O) groups is 2. The molecule has 3 atom stereocenters. The van der Waals surface area contributed by atoms with E-state index < -0.39 is 6.04 Å².